The fourth-order valence-electron chi connectivity index (χ4n) is 4.80. The average Bonchev–Trinajstić information content (AvgIpc) is 2.86. The quantitative estimate of drug-likeness (QED) is 0.558. The van der Waals surface area contributed by atoms with Gasteiger partial charge in [-0.3, -0.25) is 4.99 Å². The monoisotopic (exact) mass is 495 g/mol. The molecule has 0 aromatic carbocycles. The van der Waals surface area contributed by atoms with Crippen molar-refractivity contribution in [3.63, 3.8) is 0 Å². The number of aliphatic imine (C=N–C) groups is 1. The summed E-state index contributed by atoms with van der Waals surface area (Å²) in [5.74, 6) is 1.94. The van der Waals surface area contributed by atoms with Gasteiger partial charge in [-0.25, -0.2) is 19.7 Å². The summed E-state index contributed by atoms with van der Waals surface area (Å²) in [7, 11) is 1.78. The maximum absolute atomic E-state index is 12.3. The Bertz CT molecular complexity index is 1040. The van der Waals surface area contributed by atoms with Crippen LogP contribution in [-0.2, 0) is 11.2 Å². The van der Waals surface area contributed by atoms with E-state index in [0.717, 1.165) is 36.5 Å². The SMILES string of the molecule is CN=Cc1cnc(Nc2ccc(N3CCN(C(=O)OC(C)(C)C)CC3)cn2)nc1CC1CCCCC1.[HH]. The molecule has 1 saturated carbocycles. The van der Waals surface area contributed by atoms with E-state index in [9.17, 15) is 4.79 Å². The molecule has 1 amide bonds. The minimum Gasteiger partial charge on any atom is -0.444 e. The van der Waals surface area contributed by atoms with Gasteiger partial charge >= 0.3 is 6.09 Å². The van der Waals surface area contributed by atoms with Gasteiger partial charge in [0, 0.05) is 52.6 Å². The summed E-state index contributed by atoms with van der Waals surface area (Å²) in [5.41, 5.74) is 2.58. The largest absolute Gasteiger partial charge is 0.444 e. The molecule has 9 nitrogen and oxygen atoms in total. The van der Waals surface area contributed by atoms with Gasteiger partial charge in [0.15, 0.2) is 0 Å². The normalized spacial score (nSPS) is 17.4. The Balaban J connectivity index is 0.00000380. The maximum atomic E-state index is 12.3. The van der Waals surface area contributed by atoms with Crippen LogP contribution in [0.3, 0.4) is 0 Å². The second-order valence-electron chi connectivity index (χ2n) is 10.7. The van der Waals surface area contributed by atoms with Gasteiger partial charge in [-0.15, -0.1) is 0 Å². The van der Waals surface area contributed by atoms with Crippen molar-refractivity contribution >= 4 is 29.8 Å². The standard InChI is InChI=1S/C27H39N7O2.H2/c1-27(2,3)36-26(35)34-14-12-33(13-15-34)22-10-11-24(29-19-22)32-25-30-18-21(17-28-4)23(31-25)16-20-8-6-5-7-9-20;/h10-11,17-20H,5-9,12-16H2,1-4H3,(H,29,30,31,32);1H. The number of rotatable bonds is 6. The van der Waals surface area contributed by atoms with Crippen LogP contribution in [0.25, 0.3) is 0 Å². The van der Waals surface area contributed by atoms with Gasteiger partial charge < -0.3 is 19.9 Å². The summed E-state index contributed by atoms with van der Waals surface area (Å²) in [4.78, 5) is 34.4. The van der Waals surface area contributed by atoms with Crippen molar-refractivity contribution < 1.29 is 11.0 Å². The van der Waals surface area contributed by atoms with E-state index in [0.29, 0.717) is 30.8 Å². The van der Waals surface area contributed by atoms with E-state index in [-0.39, 0.29) is 7.52 Å². The lowest BCUT2D eigenvalue weighted by Gasteiger charge is -2.36. The summed E-state index contributed by atoms with van der Waals surface area (Å²) in [6.45, 7) is 8.39. The molecule has 0 spiro atoms. The second-order valence-corrected chi connectivity index (χ2v) is 10.7. The van der Waals surface area contributed by atoms with Gasteiger partial charge in [-0.05, 0) is 45.2 Å². The van der Waals surface area contributed by atoms with Gasteiger partial charge in [-0.1, -0.05) is 32.1 Å². The lowest BCUT2D eigenvalue weighted by Crippen LogP contribution is -2.50. The Morgan fingerprint density at radius 2 is 1.89 bits per heavy atom. The summed E-state index contributed by atoms with van der Waals surface area (Å²) in [6, 6.07) is 3.99. The van der Waals surface area contributed by atoms with E-state index >= 15 is 0 Å². The molecule has 1 aliphatic heterocycles. The molecule has 1 N–H and O–H groups in total. The molecular weight excluding hydrogens is 454 g/mol. The number of nitrogens with one attached hydrogen (secondary N) is 1. The van der Waals surface area contributed by atoms with Crippen molar-refractivity contribution in [2.24, 2.45) is 10.9 Å². The van der Waals surface area contributed by atoms with Crippen LogP contribution < -0.4 is 10.2 Å². The molecule has 36 heavy (non-hydrogen) atoms. The lowest BCUT2D eigenvalue weighted by molar-refractivity contribution is 0.0240. The van der Waals surface area contributed by atoms with E-state index in [1.165, 1.54) is 32.1 Å². The first-order chi connectivity index (χ1) is 17.3. The molecule has 0 atom stereocenters. The number of anilines is 3. The van der Waals surface area contributed by atoms with Gasteiger partial charge in [0.25, 0.3) is 0 Å². The van der Waals surface area contributed by atoms with Crippen LogP contribution in [0.1, 0.15) is 65.6 Å². The topological polar surface area (TPSA) is 95.8 Å². The van der Waals surface area contributed by atoms with E-state index in [2.05, 4.69) is 25.2 Å². The molecule has 2 aromatic heterocycles. The number of carbonyl (C=O) groups excluding carboxylic acids is 1. The second kappa shape index (κ2) is 11.7. The third-order valence-corrected chi connectivity index (χ3v) is 6.66. The first kappa shape index (κ1) is 25.9. The maximum Gasteiger partial charge on any atom is 0.410 e. The number of nitrogens with zero attached hydrogens (tertiary/aromatic N) is 6. The summed E-state index contributed by atoms with van der Waals surface area (Å²) in [6.07, 6.45) is 12.8. The average molecular weight is 496 g/mol. The molecule has 1 saturated heterocycles. The van der Waals surface area contributed by atoms with Crippen molar-refractivity contribution in [1.82, 2.24) is 19.9 Å². The fourth-order valence-corrected chi connectivity index (χ4v) is 4.80. The number of hydrogen-bond donors (Lipinski definition) is 1. The molecule has 2 aromatic rings. The van der Waals surface area contributed by atoms with Crippen LogP contribution in [-0.4, -0.2) is 71.0 Å². The van der Waals surface area contributed by atoms with Crippen LogP contribution in [0.2, 0.25) is 0 Å². The van der Waals surface area contributed by atoms with Crippen molar-refractivity contribution in [3.05, 3.63) is 35.8 Å². The van der Waals surface area contributed by atoms with Crippen molar-refractivity contribution in [2.75, 3.05) is 43.4 Å². The number of hydrogen-bond acceptors (Lipinski definition) is 8. The number of amides is 1. The first-order valence-corrected chi connectivity index (χ1v) is 13.0. The molecule has 3 heterocycles. The summed E-state index contributed by atoms with van der Waals surface area (Å²) >= 11 is 0. The Hall–Kier alpha value is -3.23. The van der Waals surface area contributed by atoms with E-state index in [1.54, 1.807) is 11.9 Å². The zero-order valence-corrected chi connectivity index (χ0v) is 22.0. The van der Waals surface area contributed by atoms with Crippen molar-refractivity contribution in [1.29, 1.82) is 0 Å². The smallest absolute Gasteiger partial charge is 0.410 e. The molecule has 196 valence electrons. The highest BCUT2D eigenvalue weighted by atomic mass is 16.6. The minimum atomic E-state index is -0.481. The number of carbonyl (C=O) groups is 1. The number of aromatic nitrogens is 3. The molecule has 2 fully saturated rings. The van der Waals surface area contributed by atoms with Crippen LogP contribution >= 0.6 is 0 Å². The third kappa shape index (κ3) is 7.15. The molecule has 1 aliphatic carbocycles. The van der Waals surface area contributed by atoms with Crippen LogP contribution in [0, 0.1) is 5.92 Å². The predicted octanol–water partition coefficient (Wildman–Crippen LogP) is 5.09. The Labute approximate surface area is 215 Å². The first-order valence-electron chi connectivity index (χ1n) is 13.0. The molecule has 0 bridgehead atoms. The molecule has 4 rings (SSSR count). The fraction of sp³-hybridized carbons (Fsp3) is 0.593. The molecule has 9 heteroatoms. The van der Waals surface area contributed by atoms with Gasteiger partial charge in [0.05, 0.1) is 17.6 Å². The molecule has 2 aliphatic rings. The zero-order chi connectivity index (χ0) is 25.5. The highest BCUT2D eigenvalue weighted by Crippen LogP contribution is 2.27. The van der Waals surface area contributed by atoms with Crippen molar-refractivity contribution in [3.8, 4) is 0 Å². The Kier molecular flexibility index (Phi) is 8.38. The third-order valence-electron chi connectivity index (χ3n) is 6.66. The van der Waals surface area contributed by atoms with Gasteiger partial charge in [-0.2, -0.15) is 0 Å². The van der Waals surface area contributed by atoms with Crippen LogP contribution in [0.15, 0.2) is 29.5 Å². The molecule has 0 unspecified atom stereocenters. The number of ether oxygens (including phenoxy) is 1. The van der Waals surface area contributed by atoms with Crippen LogP contribution in [0.4, 0.5) is 22.2 Å². The highest BCUT2D eigenvalue weighted by molar-refractivity contribution is 5.80. The highest BCUT2D eigenvalue weighted by Gasteiger charge is 2.26. The van der Waals surface area contributed by atoms with Gasteiger partial charge in [0.1, 0.15) is 11.4 Å². The predicted molar refractivity (Wildman–Crippen MR) is 145 cm³/mol. The minimum absolute atomic E-state index is 0. The zero-order valence-electron chi connectivity index (χ0n) is 22.0. The van der Waals surface area contributed by atoms with Gasteiger partial charge in [0.2, 0.25) is 5.95 Å². The Morgan fingerprint density at radius 1 is 1.14 bits per heavy atom. The lowest BCUT2D eigenvalue weighted by atomic mass is 9.85. The molecular formula is C27H41N7O2. The summed E-state index contributed by atoms with van der Waals surface area (Å²) < 4.78 is 5.49. The van der Waals surface area contributed by atoms with Crippen LogP contribution in [0.5, 0.6) is 0 Å². The Morgan fingerprint density at radius 3 is 2.53 bits per heavy atom. The van der Waals surface area contributed by atoms with E-state index in [1.807, 2.05) is 51.5 Å². The van der Waals surface area contributed by atoms with E-state index in [4.69, 9.17) is 9.72 Å². The molecule has 0 radical (unpaired) electrons. The number of piperazine rings is 1. The van der Waals surface area contributed by atoms with E-state index < -0.39 is 5.60 Å². The number of pyridine rings is 1. The summed E-state index contributed by atoms with van der Waals surface area (Å²) in [5, 5.41) is 3.26. The van der Waals surface area contributed by atoms with Crippen molar-refractivity contribution in [2.45, 2.75) is 64.9 Å².